The van der Waals surface area contributed by atoms with E-state index in [0.29, 0.717) is 6.04 Å². The number of anilines is 1. The van der Waals surface area contributed by atoms with E-state index in [-0.39, 0.29) is 0 Å². The number of fused-ring (bicyclic) bond motifs is 1. The Hall–Kier alpha value is -1.02. The van der Waals surface area contributed by atoms with Crippen LogP contribution in [-0.2, 0) is 6.42 Å². The molecule has 2 aliphatic rings. The molecule has 1 aromatic carbocycles. The maximum atomic E-state index is 3.69. The van der Waals surface area contributed by atoms with Crippen LogP contribution in [0, 0.1) is 5.92 Å². The first-order valence-corrected chi connectivity index (χ1v) is 8.87. The molecule has 3 unspecified atom stereocenters. The number of nitrogens with zero attached hydrogens (tertiary/aromatic N) is 1. The second-order valence-corrected chi connectivity index (χ2v) is 6.85. The summed E-state index contributed by atoms with van der Waals surface area (Å²) in [7, 11) is 0. The number of para-hydroxylation sites is 1. The van der Waals surface area contributed by atoms with E-state index in [2.05, 4.69) is 48.3 Å². The molecular weight excluding hydrogens is 256 g/mol. The Morgan fingerprint density at radius 2 is 2.05 bits per heavy atom. The molecule has 0 spiro atoms. The largest absolute Gasteiger partial charge is 0.369 e. The number of hydrogen-bond donors (Lipinski definition) is 1. The maximum absolute atomic E-state index is 3.69. The van der Waals surface area contributed by atoms with Crippen LogP contribution in [0.3, 0.4) is 0 Å². The molecule has 1 aromatic rings. The molecule has 0 amide bonds. The zero-order valence-corrected chi connectivity index (χ0v) is 13.6. The SMILES string of the molecule is CCNC1CCCC1CCN1c2ccccc2CCC1C. The van der Waals surface area contributed by atoms with E-state index in [4.69, 9.17) is 0 Å². The first-order valence-electron chi connectivity index (χ1n) is 8.87. The first kappa shape index (κ1) is 14.9. The number of benzene rings is 1. The fraction of sp³-hybridized carbons (Fsp3) is 0.684. The van der Waals surface area contributed by atoms with E-state index in [1.807, 2.05) is 0 Å². The Morgan fingerprint density at radius 1 is 1.19 bits per heavy atom. The molecule has 0 saturated heterocycles. The third kappa shape index (κ3) is 3.26. The highest BCUT2D eigenvalue weighted by atomic mass is 15.2. The molecule has 2 heteroatoms. The standard InChI is InChI=1S/C19H30N2/c1-3-20-18-9-6-8-16(18)13-14-21-15(2)11-12-17-7-4-5-10-19(17)21/h4-5,7,10,15-16,18,20H,3,6,8-9,11-14H2,1-2H3. The summed E-state index contributed by atoms with van der Waals surface area (Å²) in [4.78, 5) is 2.67. The van der Waals surface area contributed by atoms with Crippen molar-refractivity contribution in [3.63, 3.8) is 0 Å². The Labute approximate surface area is 129 Å². The maximum Gasteiger partial charge on any atom is 0.0401 e. The molecule has 0 aromatic heterocycles. The number of nitrogens with one attached hydrogen (secondary N) is 1. The fourth-order valence-electron chi connectivity index (χ4n) is 4.32. The summed E-state index contributed by atoms with van der Waals surface area (Å²) in [6.07, 6.45) is 8.10. The van der Waals surface area contributed by atoms with Crippen LogP contribution in [0.5, 0.6) is 0 Å². The summed E-state index contributed by atoms with van der Waals surface area (Å²) in [5.41, 5.74) is 3.04. The van der Waals surface area contributed by atoms with Gasteiger partial charge in [0, 0.05) is 24.3 Å². The minimum atomic E-state index is 0.693. The number of hydrogen-bond acceptors (Lipinski definition) is 2. The van der Waals surface area contributed by atoms with E-state index in [1.54, 1.807) is 5.56 Å². The Balaban J connectivity index is 1.64. The van der Waals surface area contributed by atoms with Gasteiger partial charge < -0.3 is 10.2 Å². The summed E-state index contributed by atoms with van der Waals surface area (Å²) in [5, 5.41) is 3.69. The Morgan fingerprint density at radius 3 is 2.90 bits per heavy atom. The third-order valence-electron chi connectivity index (χ3n) is 5.53. The van der Waals surface area contributed by atoms with Gasteiger partial charge in [0.2, 0.25) is 0 Å². The zero-order chi connectivity index (χ0) is 14.7. The highest BCUT2D eigenvalue weighted by Crippen LogP contribution is 2.33. The smallest absolute Gasteiger partial charge is 0.0401 e. The minimum absolute atomic E-state index is 0.693. The summed E-state index contributed by atoms with van der Waals surface area (Å²) in [5.74, 6) is 0.881. The van der Waals surface area contributed by atoms with Crippen molar-refractivity contribution in [1.82, 2.24) is 5.32 Å². The molecular formula is C19H30N2. The summed E-state index contributed by atoms with van der Waals surface area (Å²) in [6, 6.07) is 10.5. The van der Waals surface area contributed by atoms with E-state index in [0.717, 1.165) is 18.5 Å². The van der Waals surface area contributed by atoms with Crippen molar-refractivity contribution in [3.8, 4) is 0 Å². The molecule has 1 heterocycles. The van der Waals surface area contributed by atoms with Gasteiger partial charge in [-0.3, -0.25) is 0 Å². The lowest BCUT2D eigenvalue weighted by Gasteiger charge is -2.38. The molecule has 3 rings (SSSR count). The highest BCUT2D eigenvalue weighted by molar-refractivity contribution is 5.56. The van der Waals surface area contributed by atoms with Gasteiger partial charge in [-0.2, -0.15) is 0 Å². The van der Waals surface area contributed by atoms with Crippen LogP contribution in [-0.4, -0.2) is 25.2 Å². The van der Waals surface area contributed by atoms with Crippen molar-refractivity contribution in [2.45, 2.75) is 64.5 Å². The van der Waals surface area contributed by atoms with E-state index in [9.17, 15) is 0 Å². The third-order valence-corrected chi connectivity index (χ3v) is 5.53. The van der Waals surface area contributed by atoms with Gasteiger partial charge in [-0.15, -0.1) is 0 Å². The van der Waals surface area contributed by atoms with Crippen molar-refractivity contribution >= 4 is 5.69 Å². The monoisotopic (exact) mass is 286 g/mol. The zero-order valence-electron chi connectivity index (χ0n) is 13.6. The van der Waals surface area contributed by atoms with Crippen molar-refractivity contribution in [1.29, 1.82) is 0 Å². The fourth-order valence-corrected chi connectivity index (χ4v) is 4.32. The molecule has 1 aliphatic heterocycles. The second-order valence-electron chi connectivity index (χ2n) is 6.85. The van der Waals surface area contributed by atoms with Crippen LogP contribution in [0.25, 0.3) is 0 Å². The van der Waals surface area contributed by atoms with Gasteiger partial charge in [0.1, 0.15) is 0 Å². The van der Waals surface area contributed by atoms with Crippen molar-refractivity contribution < 1.29 is 0 Å². The quantitative estimate of drug-likeness (QED) is 0.880. The predicted octanol–water partition coefficient (Wildman–Crippen LogP) is 4.00. The molecule has 1 saturated carbocycles. The minimum Gasteiger partial charge on any atom is -0.369 e. The second kappa shape index (κ2) is 6.83. The van der Waals surface area contributed by atoms with Gasteiger partial charge in [-0.1, -0.05) is 31.5 Å². The van der Waals surface area contributed by atoms with E-state index >= 15 is 0 Å². The lowest BCUT2D eigenvalue weighted by Crippen LogP contribution is -2.40. The average Bonchev–Trinajstić information content (AvgIpc) is 2.94. The van der Waals surface area contributed by atoms with Crippen LogP contribution in [0.1, 0.15) is 51.5 Å². The Kier molecular flexibility index (Phi) is 4.84. The van der Waals surface area contributed by atoms with Crippen molar-refractivity contribution in [2.75, 3.05) is 18.0 Å². The van der Waals surface area contributed by atoms with Crippen LogP contribution in [0.2, 0.25) is 0 Å². The van der Waals surface area contributed by atoms with Gasteiger partial charge in [-0.25, -0.2) is 0 Å². The van der Waals surface area contributed by atoms with Crippen LogP contribution in [0.4, 0.5) is 5.69 Å². The molecule has 1 aliphatic carbocycles. The Bertz CT molecular complexity index is 457. The molecule has 2 nitrogen and oxygen atoms in total. The van der Waals surface area contributed by atoms with Crippen molar-refractivity contribution in [2.24, 2.45) is 5.92 Å². The lowest BCUT2D eigenvalue weighted by molar-refractivity contribution is 0.379. The van der Waals surface area contributed by atoms with Gasteiger partial charge >= 0.3 is 0 Å². The van der Waals surface area contributed by atoms with Gasteiger partial charge in [0.25, 0.3) is 0 Å². The molecule has 1 fully saturated rings. The topological polar surface area (TPSA) is 15.3 Å². The number of aryl methyl sites for hydroxylation is 1. The molecule has 0 bridgehead atoms. The van der Waals surface area contributed by atoms with Gasteiger partial charge in [0.05, 0.1) is 0 Å². The summed E-state index contributed by atoms with van der Waals surface area (Å²) >= 11 is 0. The summed E-state index contributed by atoms with van der Waals surface area (Å²) in [6.45, 7) is 6.97. The lowest BCUT2D eigenvalue weighted by atomic mass is 9.94. The summed E-state index contributed by atoms with van der Waals surface area (Å²) < 4.78 is 0. The van der Waals surface area contributed by atoms with Crippen LogP contribution >= 0.6 is 0 Å². The first-order chi connectivity index (χ1) is 10.3. The van der Waals surface area contributed by atoms with Gasteiger partial charge in [0.15, 0.2) is 0 Å². The van der Waals surface area contributed by atoms with Crippen LogP contribution in [0.15, 0.2) is 24.3 Å². The van der Waals surface area contributed by atoms with E-state index in [1.165, 1.54) is 50.8 Å². The van der Waals surface area contributed by atoms with Crippen molar-refractivity contribution in [3.05, 3.63) is 29.8 Å². The van der Waals surface area contributed by atoms with Crippen LogP contribution < -0.4 is 10.2 Å². The molecule has 3 atom stereocenters. The molecule has 0 radical (unpaired) electrons. The number of rotatable bonds is 5. The molecule has 116 valence electrons. The molecule has 21 heavy (non-hydrogen) atoms. The normalized spacial score (nSPS) is 28.7. The predicted molar refractivity (Wildman–Crippen MR) is 91.0 cm³/mol. The highest BCUT2D eigenvalue weighted by Gasteiger charge is 2.28. The van der Waals surface area contributed by atoms with E-state index < -0.39 is 0 Å². The van der Waals surface area contributed by atoms with Gasteiger partial charge in [-0.05, 0) is 63.1 Å². The molecule has 1 N–H and O–H groups in total. The average molecular weight is 286 g/mol.